The van der Waals surface area contributed by atoms with Crippen molar-refractivity contribution in [3.63, 3.8) is 0 Å². The summed E-state index contributed by atoms with van der Waals surface area (Å²) < 4.78 is 76.2. The van der Waals surface area contributed by atoms with Crippen molar-refractivity contribution < 1.29 is 26.3 Å². The Bertz CT molecular complexity index is 518. The largest absolute Gasteiger partial charge is 0.416 e. The SMILES string of the molecule is CN1NN=CN1Cc1cc(C(F)(F)F)cc(C(F)(F)F)c1. The molecular formula is C11H10F6N4. The minimum Gasteiger partial charge on any atom is -0.271 e. The van der Waals surface area contributed by atoms with E-state index in [0.29, 0.717) is 12.1 Å². The van der Waals surface area contributed by atoms with E-state index in [2.05, 4.69) is 10.6 Å². The van der Waals surface area contributed by atoms with Crippen LogP contribution in [0, 0.1) is 0 Å². The Balaban J connectivity index is 2.38. The van der Waals surface area contributed by atoms with Crippen LogP contribution in [0.1, 0.15) is 16.7 Å². The summed E-state index contributed by atoms with van der Waals surface area (Å²) in [7, 11) is 1.52. The van der Waals surface area contributed by atoms with Crippen molar-refractivity contribution in [3.05, 3.63) is 34.9 Å². The predicted molar refractivity (Wildman–Crippen MR) is 61.4 cm³/mol. The van der Waals surface area contributed by atoms with Crippen LogP contribution in [0.4, 0.5) is 26.3 Å². The molecule has 116 valence electrons. The van der Waals surface area contributed by atoms with Gasteiger partial charge in [0, 0.05) is 7.05 Å². The quantitative estimate of drug-likeness (QED) is 0.852. The molecule has 2 rings (SSSR count). The second-order valence-corrected chi connectivity index (χ2v) is 4.38. The summed E-state index contributed by atoms with van der Waals surface area (Å²) >= 11 is 0. The molecule has 0 atom stereocenters. The van der Waals surface area contributed by atoms with Crippen LogP contribution >= 0.6 is 0 Å². The van der Waals surface area contributed by atoms with Gasteiger partial charge in [0.1, 0.15) is 6.34 Å². The molecule has 0 amide bonds. The van der Waals surface area contributed by atoms with Gasteiger partial charge in [-0.2, -0.15) is 31.4 Å². The Hall–Kier alpha value is -1.97. The molecule has 0 spiro atoms. The highest BCUT2D eigenvalue weighted by Crippen LogP contribution is 2.36. The summed E-state index contributed by atoms with van der Waals surface area (Å²) in [5, 5.41) is 6.27. The van der Waals surface area contributed by atoms with Crippen LogP contribution in [0.25, 0.3) is 0 Å². The summed E-state index contributed by atoms with van der Waals surface area (Å²) in [6.07, 6.45) is -8.44. The Morgan fingerprint density at radius 1 is 1.00 bits per heavy atom. The van der Waals surface area contributed by atoms with E-state index in [1.165, 1.54) is 23.5 Å². The molecule has 0 unspecified atom stereocenters. The van der Waals surface area contributed by atoms with Crippen LogP contribution in [0.2, 0.25) is 0 Å². The van der Waals surface area contributed by atoms with Gasteiger partial charge >= 0.3 is 12.4 Å². The smallest absolute Gasteiger partial charge is 0.271 e. The maximum absolute atomic E-state index is 12.7. The lowest BCUT2D eigenvalue weighted by atomic mass is 10.0. The lowest BCUT2D eigenvalue weighted by Gasteiger charge is -2.23. The highest BCUT2D eigenvalue weighted by atomic mass is 19.4. The zero-order valence-corrected chi connectivity index (χ0v) is 10.6. The van der Waals surface area contributed by atoms with E-state index in [9.17, 15) is 26.3 Å². The fourth-order valence-electron chi connectivity index (χ4n) is 1.76. The molecule has 10 heteroatoms. The fraction of sp³-hybridized carbons (Fsp3) is 0.364. The normalized spacial score (nSPS) is 16.4. The minimum absolute atomic E-state index is 0.101. The van der Waals surface area contributed by atoms with Gasteiger partial charge in [-0.25, -0.2) is 5.53 Å². The van der Waals surface area contributed by atoms with Gasteiger partial charge in [-0.15, -0.1) is 5.12 Å². The van der Waals surface area contributed by atoms with E-state index in [-0.39, 0.29) is 18.2 Å². The summed E-state index contributed by atoms with van der Waals surface area (Å²) in [5.74, 6) is 0. The van der Waals surface area contributed by atoms with Crippen LogP contribution in [-0.4, -0.2) is 23.5 Å². The van der Waals surface area contributed by atoms with Crippen molar-refractivity contribution in [2.45, 2.75) is 18.9 Å². The van der Waals surface area contributed by atoms with Gasteiger partial charge in [0.05, 0.1) is 17.7 Å². The average Bonchev–Trinajstić information content (AvgIpc) is 2.72. The number of hydrogen-bond acceptors (Lipinski definition) is 4. The first-order valence-electron chi connectivity index (χ1n) is 5.65. The molecule has 1 aliphatic heterocycles. The van der Waals surface area contributed by atoms with Gasteiger partial charge in [-0.1, -0.05) is 0 Å². The van der Waals surface area contributed by atoms with Crippen LogP contribution in [-0.2, 0) is 18.9 Å². The van der Waals surface area contributed by atoms with Crippen LogP contribution in [0.3, 0.4) is 0 Å². The molecule has 1 N–H and O–H groups in total. The molecule has 0 saturated heterocycles. The molecule has 0 saturated carbocycles. The van der Waals surface area contributed by atoms with E-state index >= 15 is 0 Å². The van der Waals surface area contributed by atoms with Gasteiger partial charge in [0.15, 0.2) is 0 Å². The summed E-state index contributed by atoms with van der Waals surface area (Å²) in [6, 6.07) is 1.48. The third kappa shape index (κ3) is 3.57. The third-order valence-electron chi connectivity index (χ3n) is 2.77. The van der Waals surface area contributed by atoms with Crippen molar-refractivity contribution in [3.8, 4) is 0 Å². The standard InChI is InChI=1S/C11H10F6N4/c1-20-19-18-6-21(20)5-7-2-8(10(12,13)14)4-9(3-7)11(15,16)17/h2-4,6,19H,5H2,1H3. The number of nitrogens with zero attached hydrogens (tertiary/aromatic N) is 3. The molecule has 0 aliphatic carbocycles. The monoisotopic (exact) mass is 312 g/mol. The number of nitrogens with one attached hydrogen (secondary N) is 1. The van der Waals surface area contributed by atoms with Gasteiger partial charge in [-0.05, 0) is 23.8 Å². The predicted octanol–water partition coefficient (Wildman–Crippen LogP) is 2.83. The summed E-state index contributed by atoms with van der Waals surface area (Å²) in [6.45, 7) is -0.181. The van der Waals surface area contributed by atoms with Crippen molar-refractivity contribution in [2.24, 2.45) is 5.10 Å². The van der Waals surface area contributed by atoms with Crippen LogP contribution in [0.5, 0.6) is 0 Å². The van der Waals surface area contributed by atoms with Crippen molar-refractivity contribution in [1.82, 2.24) is 15.7 Å². The van der Waals surface area contributed by atoms with Crippen molar-refractivity contribution in [2.75, 3.05) is 7.05 Å². The van der Waals surface area contributed by atoms with E-state index in [4.69, 9.17) is 0 Å². The minimum atomic E-state index is -4.85. The molecular weight excluding hydrogens is 302 g/mol. The highest BCUT2D eigenvalue weighted by Gasteiger charge is 2.37. The molecule has 1 aliphatic rings. The first-order chi connectivity index (χ1) is 9.57. The number of hydrazine groups is 2. The number of halogens is 6. The number of hydrogen-bond donors (Lipinski definition) is 1. The van der Waals surface area contributed by atoms with Crippen LogP contribution in [0.15, 0.2) is 23.3 Å². The third-order valence-corrected chi connectivity index (χ3v) is 2.77. The highest BCUT2D eigenvalue weighted by molar-refractivity contribution is 5.55. The number of benzene rings is 1. The maximum Gasteiger partial charge on any atom is 0.416 e. The Kier molecular flexibility index (Phi) is 3.74. The number of hydrazone groups is 1. The van der Waals surface area contributed by atoms with Gasteiger partial charge < -0.3 is 0 Å². The molecule has 21 heavy (non-hydrogen) atoms. The van der Waals surface area contributed by atoms with Gasteiger partial charge in [0.2, 0.25) is 0 Å². The molecule has 0 fully saturated rings. The Morgan fingerprint density at radius 3 is 1.90 bits per heavy atom. The molecule has 1 aromatic rings. The first kappa shape index (κ1) is 15.4. The Morgan fingerprint density at radius 2 is 1.52 bits per heavy atom. The molecule has 4 nitrogen and oxygen atoms in total. The zero-order valence-electron chi connectivity index (χ0n) is 10.6. The second kappa shape index (κ2) is 5.10. The number of alkyl halides is 6. The first-order valence-corrected chi connectivity index (χ1v) is 5.65. The fourth-order valence-corrected chi connectivity index (χ4v) is 1.76. The maximum atomic E-state index is 12.7. The van der Waals surface area contributed by atoms with Gasteiger partial charge in [0.25, 0.3) is 0 Å². The lowest BCUT2D eigenvalue weighted by molar-refractivity contribution is -0.143. The molecule has 0 radical (unpaired) electrons. The lowest BCUT2D eigenvalue weighted by Crippen LogP contribution is -2.38. The molecule has 0 aromatic heterocycles. The average molecular weight is 312 g/mol. The van der Waals surface area contributed by atoms with E-state index in [1.54, 1.807) is 0 Å². The summed E-state index contributed by atoms with van der Waals surface area (Å²) in [5.41, 5.74) is -0.330. The van der Waals surface area contributed by atoms with Crippen LogP contribution < -0.4 is 5.53 Å². The van der Waals surface area contributed by atoms with E-state index in [0.717, 1.165) is 0 Å². The Labute approximate surface area is 115 Å². The molecule has 1 aromatic carbocycles. The molecule has 0 bridgehead atoms. The van der Waals surface area contributed by atoms with Crippen molar-refractivity contribution in [1.29, 1.82) is 0 Å². The van der Waals surface area contributed by atoms with E-state index < -0.39 is 23.5 Å². The molecule has 1 heterocycles. The van der Waals surface area contributed by atoms with E-state index in [1.807, 2.05) is 0 Å². The number of rotatable bonds is 2. The topological polar surface area (TPSA) is 30.9 Å². The van der Waals surface area contributed by atoms with Crippen molar-refractivity contribution >= 4 is 6.34 Å². The van der Waals surface area contributed by atoms with Gasteiger partial charge in [-0.3, -0.25) is 5.01 Å². The zero-order chi connectivity index (χ0) is 15.8. The second-order valence-electron chi connectivity index (χ2n) is 4.38. The summed E-state index contributed by atoms with van der Waals surface area (Å²) in [4.78, 5) is 0.